The SMILES string of the molecule is O=C(O)c1cc(-c2ccsc2)nc2ccc(Br)cc12. The van der Waals surface area contributed by atoms with Crippen molar-refractivity contribution in [2.24, 2.45) is 0 Å². The highest BCUT2D eigenvalue weighted by molar-refractivity contribution is 9.10. The second-order valence-electron chi connectivity index (χ2n) is 4.03. The van der Waals surface area contributed by atoms with E-state index in [1.165, 1.54) is 0 Å². The highest BCUT2D eigenvalue weighted by Crippen LogP contribution is 2.28. The van der Waals surface area contributed by atoms with Crippen LogP contribution in [0.4, 0.5) is 0 Å². The number of nitrogens with zero attached hydrogens (tertiary/aromatic N) is 1. The molecule has 0 radical (unpaired) electrons. The Morgan fingerprint density at radius 1 is 1.26 bits per heavy atom. The van der Waals surface area contributed by atoms with Crippen molar-refractivity contribution in [2.45, 2.75) is 0 Å². The molecule has 5 heteroatoms. The Hall–Kier alpha value is -1.72. The third-order valence-corrected chi connectivity index (χ3v) is 3.99. The number of hydrogen-bond acceptors (Lipinski definition) is 3. The smallest absolute Gasteiger partial charge is 0.336 e. The molecule has 19 heavy (non-hydrogen) atoms. The first-order valence-electron chi connectivity index (χ1n) is 5.51. The standard InChI is InChI=1S/C14H8BrNO2S/c15-9-1-2-12-10(5-9)11(14(17)18)6-13(16-12)8-3-4-19-7-8/h1-7H,(H,17,18). The summed E-state index contributed by atoms with van der Waals surface area (Å²) in [4.78, 5) is 15.9. The molecule has 94 valence electrons. The molecular weight excluding hydrogens is 326 g/mol. The van der Waals surface area contributed by atoms with Crippen molar-refractivity contribution >= 4 is 44.1 Å². The lowest BCUT2D eigenvalue weighted by molar-refractivity contribution is 0.0699. The zero-order valence-corrected chi connectivity index (χ0v) is 12.0. The van der Waals surface area contributed by atoms with E-state index >= 15 is 0 Å². The fourth-order valence-corrected chi connectivity index (χ4v) is 2.94. The van der Waals surface area contributed by atoms with Crippen LogP contribution in [-0.4, -0.2) is 16.1 Å². The van der Waals surface area contributed by atoms with Gasteiger partial charge in [-0.2, -0.15) is 11.3 Å². The first kappa shape index (κ1) is 12.3. The summed E-state index contributed by atoms with van der Waals surface area (Å²) in [5.41, 5.74) is 2.59. The number of rotatable bonds is 2. The molecule has 0 spiro atoms. The normalized spacial score (nSPS) is 10.8. The lowest BCUT2D eigenvalue weighted by Gasteiger charge is -2.06. The topological polar surface area (TPSA) is 50.2 Å². The number of fused-ring (bicyclic) bond motifs is 1. The van der Waals surface area contributed by atoms with Gasteiger partial charge in [0.1, 0.15) is 0 Å². The Balaban J connectivity index is 2.34. The van der Waals surface area contributed by atoms with Gasteiger partial charge in [0.25, 0.3) is 0 Å². The molecule has 2 heterocycles. The number of aromatic nitrogens is 1. The molecule has 0 atom stereocenters. The van der Waals surface area contributed by atoms with Crippen LogP contribution >= 0.6 is 27.3 Å². The van der Waals surface area contributed by atoms with Gasteiger partial charge in [-0.25, -0.2) is 9.78 Å². The van der Waals surface area contributed by atoms with Crippen LogP contribution in [0.3, 0.4) is 0 Å². The van der Waals surface area contributed by atoms with Crippen LogP contribution in [0.2, 0.25) is 0 Å². The fourth-order valence-electron chi connectivity index (χ4n) is 1.93. The molecule has 0 fully saturated rings. The third kappa shape index (κ3) is 2.27. The number of carboxylic acids is 1. The number of carbonyl (C=O) groups is 1. The van der Waals surface area contributed by atoms with Gasteiger partial charge in [-0.05, 0) is 35.7 Å². The molecule has 1 N–H and O–H groups in total. The van der Waals surface area contributed by atoms with Gasteiger partial charge in [-0.3, -0.25) is 0 Å². The van der Waals surface area contributed by atoms with Gasteiger partial charge in [0.05, 0.1) is 16.8 Å². The van der Waals surface area contributed by atoms with Crippen molar-refractivity contribution in [2.75, 3.05) is 0 Å². The maximum absolute atomic E-state index is 11.4. The summed E-state index contributed by atoms with van der Waals surface area (Å²) in [7, 11) is 0. The van der Waals surface area contributed by atoms with Crippen molar-refractivity contribution in [1.29, 1.82) is 0 Å². The minimum absolute atomic E-state index is 0.271. The predicted octanol–water partition coefficient (Wildman–Crippen LogP) is 4.42. The fraction of sp³-hybridized carbons (Fsp3) is 0. The highest BCUT2D eigenvalue weighted by Gasteiger charge is 2.13. The van der Waals surface area contributed by atoms with Crippen LogP contribution in [0.15, 0.2) is 45.6 Å². The second-order valence-corrected chi connectivity index (χ2v) is 5.73. The van der Waals surface area contributed by atoms with E-state index in [1.54, 1.807) is 23.5 Å². The van der Waals surface area contributed by atoms with Crippen molar-refractivity contribution < 1.29 is 9.90 Å². The Morgan fingerprint density at radius 3 is 2.79 bits per heavy atom. The molecule has 3 aromatic rings. The zero-order chi connectivity index (χ0) is 13.4. The first-order valence-corrected chi connectivity index (χ1v) is 7.25. The molecule has 0 aliphatic carbocycles. The molecule has 0 bridgehead atoms. The van der Waals surface area contributed by atoms with E-state index < -0.39 is 5.97 Å². The van der Waals surface area contributed by atoms with E-state index in [0.29, 0.717) is 16.6 Å². The van der Waals surface area contributed by atoms with Crippen LogP contribution in [0.1, 0.15) is 10.4 Å². The van der Waals surface area contributed by atoms with Crippen molar-refractivity contribution in [3.05, 3.63) is 51.1 Å². The van der Waals surface area contributed by atoms with E-state index in [0.717, 1.165) is 10.0 Å². The number of benzene rings is 1. The van der Waals surface area contributed by atoms with Crippen LogP contribution < -0.4 is 0 Å². The average Bonchev–Trinajstić information content (AvgIpc) is 2.91. The van der Waals surface area contributed by atoms with Gasteiger partial charge in [0, 0.05) is 20.8 Å². The minimum Gasteiger partial charge on any atom is -0.478 e. The van der Waals surface area contributed by atoms with Gasteiger partial charge in [0.15, 0.2) is 0 Å². The van der Waals surface area contributed by atoms with Crippen LogP contribution in [0.25, 0.3) is 22.2 Å². The summed E-state index contributed by atoms with van der Waals surface area (Å²) in [6, 6.07) is 9.02. The molecule has 0 amide bonds. The van der Waals surface area contributed by atoms with Gasteiger partial charge < -0.3 is 5.11 Å². The largest absolute Gasteiger partial charge is 0.478 e. The molecular formula is C14H8BrNO2S. The van der Waals surface area contributed by atoms with Crippen molar-refractivity contribution in [3.63, 3.8) is 0 Å². The molecule has 1 aromatic carbocycles. The summed E-state index contributed by atoms with van der Waals surface area (Å²) in [6.45, 7) is 0. The van der Waals surface area contributed by atoms with Gasteiger partial charge in [-0.1, -0.05) is 15.9 Å². The number of aromatic carboxylic acids is 1. The van der Waals surface area contributed by atoms with Crippen molar-refractivity contribution in [3.8, 4) is 11.3 Å². The summed E-state index contributed by atoms with van der Waals surface area (Å²) < 4.78 is 0.840. The number of pyridine rings is 1. The molecule has 0 saturated carbocycles. The van der Waals surface area contributed by atoms with Gasteiger partial charge in [0.2, 0.25) is 0 Å². The Labute approximate surface area is 121 Å². The molecule has 2 aromatic heterocycles. The Bertz CT molecular complexity index is 768. The lowest BCUT2D eigenvalue weighted by atomic mass is 10.1. The van der Waals surface area contributed by atoms with Crippen LogP contribution in [-0.2, 0) is 0 Å². The minimum atomic E-state index is -0.943. The summed E-state index contributed by atoms with van der Waals surface area (Å²) >= 11 is 4.92. The summed E-state index contributed by atoms with van der Waals surface area (Å²) in [5, 5.41) is 13.9. The number of halogens is 1. The van der Waals surface area contributed by atoms with E-state index in [1.807, 2.05) is 29.0 Å². The van der Waals surface area contributed by atoms with Gasteiger partial charge in [-0.15, -0.1) is 0 Å². The van der Waals surface area contributed by atoms with E-state index in [9.17, 15) is 9.90 Å². The lowest BCUT2D eigenvalue weighted by Crippen LogP contribution is -2.00. The Morgan fingerprint density at radius 2 is 2.11 bits per heavy atom. The summed E-state index contributed by atoms with van der Waals surface area (Å²) in [5.74, 6) is -0.943. The van der Waals surface area contributed by atoms with Gasteiger partial charge >= 0.3 is 5.97 Å². The van der Waals surface area contributed by atoms with Crippen molar-refractivity contribution in [1.82, 2.24) is 4.98 Å². The number of hydrogen-bond donors (Lipinski definition) is 1. The molecule has 3 rings (SSSR count). The summed E-state index contributed by atoms with van der Waals surface area (Å²) in [6.07, 6.45) is 0. The monoisotopic (exact) mass is 333 g/mol. The predicted molar refractivity (Wildman–Crippen MR) is 79.7 cm³/mol. The van der Waals surface area contributed by atoms with Crippen LogP contribution in [0, 0.1) is 0 Å². The number of thiophene rings is 1. The zero-order valence-electron chi connectivity index (χ0n) is 9.63. The molecule has 0 unspecified atom stereocenters. The first-order chi connectivity index (χ1) is 9.15. The van der Waals surface area contributed by atoms with E-state index in [2.05, 4.69) is 20.9 Å². The molecule has 0 aliphatic rings. The third-order valence-electron chi connectivity index (χ3n) is 2.82. The second kappa shape index (κ2) is 4.75. The quantitative estimate of drug-likeness (QED) is 0.754. The average molecular weight is 334 g/mol. The van der Waals surface area contributed by atoms with E-state index in [4.69, 9.17) is 0 Å². The Kier molecular flexibility index (Phi) is 3.08. The maximum Gasteiger partial charge on any atom is 0.336 e. The molecule has 0 aliphatic heterocycles. The van der Waals surface area contributed by atoms with Crippen LogP contribution in [0.5, 0.6) is 0 Å². The maximum atomic E-state index is 11.4. The highest BCUT2D eigenvalue weighted by atomic mass is 79.9. The number of carboxylic acid groups (broad SMARTS) is 1. The molecule has 3 nitrogen and oxygen atoms in total. The molecule has 0 saturated heterocycles. The van der Waals surface area contributed by atoms with E-state index in [-0.39, 0.29) is 5.56 Å².